The summed E-state index contributed by atoms with van der Waals surface area (Å²) in [5, 5.41) is 0. The van der Waals surface area contributed by atoms with Gasteiger partial charge in [-0.1, -0.05) is 6.07 Å². The number of aromatic nitrogens is 1. The van der Waals surface area contributed by atoms with Gasteiger partial charge in [-0.3, -0.25) is 0 Å². The maximum Gasteiger partial charge on any atom is 0.219 e. The Balaban J connectivity index is 2.25. The molecule has 2 aromatic rings. The fourth-order valence-electron chi connectivity index (χ4n) is 1.36. The van der Waals surface area contributed by atoms with Gasteiger partial charge in [0.1, 0.15) is 11.6 Å². The minimum atomic E-state index is -0.297. The highest BCUT2D eigenvalue weighted by atomic mass is 19.1. The number of benzene rings is 1. The summed E-state index contributed by atoms with van der Waals surface area (Å²) in [6.45, 7) is 3.49. The first-order chi connectivity index (χ1) is 8.06. The number of nitrogens with zero attached hydrogens (tertiary/aromatic N) is 1. The van der Waals surface area contributed by atoms with Crippen molar-refractivity contribution in [2.75, 3.05) is 5.73 Å². The van der Waals surface area contributed by atoms with Crippen LogP contribution in [0.1, 0.15) is 11.3 Å². The lowest BCUT2D eigenvalue weighted by Crippen LogP contribution is -1.95. The highest BCUT2D eigenvalue weighted by Gasteiger charge is 2.04. The van der Waals surface area contributed by atoms with E-state index in [1.807, 2.05) is 0 Å². The van der Waals surface area contributed by atoms with E-state index in [2.05, 4.69) is 4.98 Å². The van der Waals surface area contributed by atoms with Gasteiger partial charge in [0.2, 0.25) is 5.88 Å². The summed E-state index contributed by atoms with van der Waals surface area (Å²) in [5.74, 6) is 0.527. The van der Waals surface area contributed by atoms with E-state index < -0.39 is 0 Å². The molecule has 0 radical (unpaired) electrons. The summed E-state index contributed by atoms with van der Waals surface area (Å²) < 4.78 is 18.7. The Morgan fingerprint density at radius 1 is 1.18 bits per heavy atom. The number of hydrogen-bond acceptors (Lipinski definition) is 3. The molecule has 0 unspecified atom stereocenters. The van der Waals surface area contributed by atoms with Gasteiger partial charge in [0.05, 0.1) is 11.4 Å². The number of pyridine rings is 1. The average Bonchev–Trinajstić information content (AvgIpc) is 2.29. The van der Waals surface area contributed by atoms with E-state index in [0.717, 1.165) is 0 Å². The molecule has 17 heavy (non-hydrogen) atoms. The molecule has 0 spiro atoms. The molecule has 0 aliphatic carbocycles. The van der Waals surface area contributed by atoms with Crippen LogP contribution < -0.4 is 10.5 Å². The van der Waals surface area contributed by atoms with Gasteiger partial charge >= 0.3 is 0 Å². The number of ether oxygens (including phenoxy) is 1. The highest BCUT2D eigenvalue weighted by molar-refractivity contribution is 5.44. The van der Waals surface area contributed by atoms with Gasteiger partial charge in [-0.15, -0.1) is 0 Å². The first-order valence-electron chi connectivity index (χ1n) is 5.23. The maximum atomic E-state index is 13.3. The van der Waals surface area contributed by atoms with Gasteiger partial charge in [-0.05, 0) is 31.5 Å². The zero-order valence-electron chi connectivity index (χ0n) is 9.70. The van der Waals surface area contributed by atoms with E-state index in [0.29, 0.717) is 28.6 Å². The van der Waals surface area contributed by atoms with Crippen LogP contribution >= 0.6 is 0 Å². The summed E-state index contributed by atoms with van der Waals surface area (Å²) in [6, 6.07) is 8.06. The topological polar surface area (TPSA) is 48.1 Å². The molecule has 3 nitrogen and oxygen atoms in total. The maximum absolute atomic E-state index is 13.3. The van der Waals surface area contributed by atoms with Crippen LogP contribution in [0.15, 0.2) is 30.3 Å². The van der Waals surface area contributed by atoms with Gasteiger partial charge in [0, 0.05) is 12.1 Å². The zero-order chi connectivity index (χ0) is 12.4. The Morgan fingerprint density at radius 3 is 2.59 bits per heavy atom. The Labute approximate surface area is 99.1 Å². The molecule has 0 bridgehead atoms. The third-order valence-electron chi connectivity index (χ3n) is 2.47. The van der Waals surface area contributed by atoms with Crippen LogP contribution in [-0.4, -0.2) is 4.98 Å². The molecule has 2 N–H and O–H groups in total. The van der Waals surface area contributed by atoms with Crippen LogP contribution in [0.25, 0.3) is 0 Å². The highest BCUT2D eigenvalue weighted by Crippen LogP contribution is 2.23. The minimum Gasteiger partial charge on any atom is -0.439 e. The molecular formula is C13H13FN2O. The monoisotopic (exact) mass is 232 g/mol. The molecule has 1 aromatic heterocycles. The smallest absolute Gasteiger partial charge is 0.219 e. The fourth-order valence-corrected chi connectivity index (χ4v) is 1.36. The molecule has 0 atom stereocenters. The average molecular weight is 232 g/mol. The Morgan fingerprint density at radius 2 is 1.94 bits per heavy atom. The Hall–Kier alpha value is -2.10. The SMILES string of the molecule is Cc1ccc(Oc2ccc(N)c(C)n2)cc1F. The number of aryl methyl sites for hydroxylation is 2. The third-order valence-corrected chi connectivity index (χ3v) is 2.47. The lowest BCUT2D eigenvalue weighted by atomic mass is 10.2. The van der Waals surface area contributed by atoms with Crippen molar-refractivity contribution in [3.63, 3.8) is 0 Å². The predicted octanol–water partition coefficient (Wildman–Crippen LogP) is 3.21. The summed E-state index contributed by atoms with van der Waals surface area (Å²) >= 11 is 0. The van der Waals surface area contributed by atoms with Gasteiger partial charge in [0.15, 0.2) is 0 Å². The van der Waals surface area contributed by atoms with Crippen molar-refractivity contribution >= 4 is 5.69 Å². The van der Waals surface area contributed by atoms with Gasteiger partial charge in [0.25, 0.3) is 0 Å². The number of hydrogen-bond donors (Lipinski definition) is 1. The summed E-state index contributed by atoms with van der Waals surface area (Å²) in [6.07, 6.45) is 0. The lowest BCUT2D eigenvalue weighted by molar-refractivity contribution is 0.456. The van der Waals surface area contributed by atoms with Crippen molar-refractivity contribution in [1.29, 1.82) is 0 Å². The van der Waals surface area contributed by atoms with Crippen molar-refractivity contribution in [3.8, 4) is 11.6 Å². The lowest BCUT2D eigenvalue weighted by Gasteiger charge is -2.07. The summed E-state index contributed by atoms with van der Waals surface area (Å²) in [7, 11) is 0. The second-order valence-corrected chi connectivity index (χ2v) is 3.84. The fraction of sp³-hybridized carbons (Fsp3) is 0.154. The van der Waals surface area contributed by atoms with E-state index >= 15 is 0 Å². The third kappa shape index (κ3) is 2.53. The van der Waals surface area contributed by atoms with Crippen LogP contribution in [0, 0.1) is 19.7 Å². The van der Waals surface area contributed by atoms with Crippen molar-refractivity contribution in [3.05, 3.63) is 47.4 Å². The number of nitrogen functional groups attached to an aromatic ring is 1. The molecule has 0 saturated carbocycles. The molecule has 0 amide bonds. The van der Waals surface area contributed by atoms with E-state index in [4.69, 9.17) is 10.5 Å². The van der Waals surface area contributed by atoms with Crippen LogP contribution in [0.2, 0.25) is 0 Å². The molecule has 4 heteroatoms. The normalized spacial score (nSPS) is 10.3. The molecule has 88 valence electrons. The predicted molar refractivity (Wildman–Crippen MR) is 64.6 cm³/mol. The van der Waals surface area contributed by atoms with Crippen molar-refractivity contribution < 1.29 is 9.13 Å². The van der Waals surface area contributed by atoms with Crippen molar-refractivity contribution in [2.24, 2.45) is 0 Å². The largest absolute Gasteiger partial charge is 0.439 e. The Bertz CT molecular complexity index is 506. The van der Waals surface area contributed by atoms with Crippen molar-refractivity contribution in [1.82, 2.24) is 4.98 Å². The molecular weight excluding hydrogens is 219 g/mol. The van der Waals surface area contributed by atoms with Gasteiger partial charge in [-0.2, -0.15) is 0 Å². The Kier molecular flexibility index (Phi) is 2.95. The van der Waals surface area contributed by atoms with Gasteiger partial charge in [-0.25, -0.2) is 9.37 Å². The zero-order valence-corrected chi connectivity index (χ0v) is 9.70. The van der Waals surface area contributed by atoms with Crippen LogP contribution in [0.5, 0.6) is 11.6 Å². The second kappa shape index (κ2) is 4.41. The molecule has 0 saturated heterocycles. The van der Waals surface area contributed by atoms with Crippen LogP contribution in [-0.2, 0) is 0 Å². The molecule has 1 heterocycles. The summed E-state index contributed by atoms with van der Waals surface area (Å²) in [5.41, 5.74) is 7.52. The van der Waals surface area contributed by atoms with Crippen molar-refractivity contribution in [2.45, 2.75) is 13.8 Å². The first-order valence-corrected chi connectivity index (χ1v) is 5.23. The minimum absolute atomic E-state index is 0.297. The quantitative estimate of drug-likeness (QED) is 0.864. The van der Waals surface area contributed by atoms with E-state index in [1.54, 1.807) is 38.1 Å². The molecule has 2 rings (SSSR count). The number of nitrogens with two attached hydrogens (primary N) is 1. The molecule has 0 fully saturated rings. The van der Waals surface area contributed by atoms with Gasteiger partial charge < -0.3 is 10.5 Å². The van der Waals surface area contributed by atoms with E-state index in [9.17, 15) is 4.39 Å². The van der Waals surface area contributed by atoms with E-state index in [-0.39, 0.29) is 5.82 Å². The second-order valence-electron chi connectivity index (χ2n) is 3.84. The first kappa shape index (κ1) is 11.4. The number of rotatable bonds is 2. The molecule has 0 aliphatic heterocycles. The summed E-state index contributed by atoms with van der Waals surface area (Å²) in [4.78, 5) is 4.15. The number of anilines is 1. The van der Waals surface area contributed by atoms with E-state index in [1.165, 1.54) is 6.07 Å². The number of halogens is 1. The van der Waals surface area contributed by atoms with Crippen LogP contribution in [0.3, 0.4) is 0 Å². The molecule has 1 aromatic carbocycles. The molecule has 0 aliphatic rings. The van der Waals surface area contributed by atoms with Crippen LogP contribution in [0.4, 0.5) is 10.1 Å². The standard InChI is InChI=1S/C13H13FN2O/c1-8-3-4-10(7-11(8)14)17-13-6-5-12(15)9(2)16-13/h3-7H,15H2,1-2H3.